The Labute approximate surface area is 196 Å². The average Bonchev–Trinajstić information content (AvgIpc) is 3.31. The number of para-hydroxylation sites is 1. The minimum Gasteiger partial charge on any atom is -0.486 e. The summed E-state index contributed by atoms with van der Waals surface area (Å²) < 4.78 is 27.1. The molecule has 0 aliphatic rings. The summed E-state index contributed by atoms with van der Waals surface area (Å²) in [6.07, 6.45) is 1.62. The third kappa shape index (κ3) is 5.00. The van der Waals surface area contributed by atoms with E-state index in [0.29, 0.717) is 17.9 Å². The maximum Gasteiger partial charge on any atom is 0.279 e. The number of benzene rings is 2. The number of anilines is 1. The van der Waals surface area contributed by atoms with Gasteiger partial charge in [-0.15, -0.1) is 0 Å². The van der Waals surface area contributed by atoms with Gasteiger partial charge in [0, 0.05) is 10.7 Å². The van der Waals surface area contributed by atoms with Gasteiger partial charge in [-0.2, -0.15) is 5.10 Å². The zero-order chi connectivity index (χ0) is 22.7. The topological polar surface area (TPSA) is 82.2 Å². The minimum atomic E-state index is -0.565. The van der Waals surface area contributed by atoms with Crippen LogP contribution in [0.4, 0.5) is 10.2 Å². The molecule has 0 aliphatic carbocycles. The zero-order valence-electron chi connectivity index (χ0n) is 16.8. The SMILES string of the molecule is Cc1onc(C(=O)Nc2nn(Cc3ccc(Br)cc3)cc2Cl)c1COc1ccccc1F. The summed E-state index contributed by atoms with van der Waals surface area (Å²) in [6, 6.07) is 13.8. The fourth-order valence-electron chi connectivity index (χ4n) is 2.96. The number of aromatic nitrogens is 3. The standard InChI is InChI=1S/C22H17BrClFN4O3/c1-13-16(12-31-19-5-3-2-4-18(19)25)20(28-32-13)22(30)26-21-17(24)11-29(27-21)10-14-6-8-15(23)9-7-14/h2-9,11H,10,12H2,1H3,(H,26,27,30). The van der Waals surface area contributed by atoms with Gasteiger partial charge in [0.25, 0.3) is 5.91 Å². The van der Waals surface area contributed by atoms with Crippen molar-refractivity contribution in [2.24, 2.45) is 0 Å². The molecule has 2 aromatic heterocycles. The summed E-state index contributed by atoms with van der Waals surface area (Å²) in [7, 11) is 0. The summed E-state index contributed by atoms with van der Waals surface area (Å²) in [5.74, 6) is -0.427. The number of aryl methyl sites for hydroxylation is 1. The molecule has 1 N–H and O–H groups in total. The van der Waals surface area contributed by atoms with Crippen molar-refractivity contribution >= 4 is 39.3 Å². The molecule has 0 unspecified atom stereocenters. The molecule has 0 spiro atoms. The number of amides is 1. The Balaban J connectivity index is 1.47. The maximum atomic E-state index is 13.8. The fourth-order valence-corrected chi connectivity index (χ4v) is 3.42. The number of carbonyl (C=O) groups is 1. The molecule has 1 amide bonds. The lowest BCUT2D eigenvalue weighted by molar-refractivity contribution is 0.101. The number of hydrogen-bond donors (Lipinski definition) is 1. The number of ether oxygens (including phenoxy) is 1. The van der Waals surface area contributed by atoms with Gasteiger partial charge in [0.2, 0.25) is 0 Å². The van der Waals surface area contributed by atoms with E-state index in [2.05, 4.69) is 31.5 Å². The van der Waals surface area contributed by atoms with Crippen molar-refractivity contribution < 1.29 is 18.4 Å². The van der Waals surface area contributed by atoms with Gasteiger partial charge in [-0.1, -0.05) is 57.0 Å². The van der Waals surface area contributed by atoms with Gasteiger partial charge in [0.05, 0.1) is 12.1 Å². The molecular weight excluding hydrogens is 503 g/mol. The largest absolute Gasteiger partial charge is 0.486 e. The average molecular weight is 520 g/mol. The Morgan fingerprint density at radius 3 is 2.75 bits per heavy atom. The zero-order valence-corrected chi connectivity index (χ0v) is 19.2. The van der Waals surface area contributed by atoms with Gasteiger partial charge in [-0.3, -0.25) is 9.48 Å². The van der Waals surface area contributed by atoms with Crippen LogP contribution < -0.4 is 10.1 Å². The van der Waals surface area contributed by atoms with E-state index in [1.165, 1.54) is 12.1 Å². The van der Waals surface area contributed by atoms with Crippen LogP contribution in [0.5, 0.6) is 5.75 Å². The highest BCUT2D eigenvalue weighted by molar-refractivity contribution is 9.10. The lowest BCUT2D eigenvalue weighted by Gasteiger charge is -2.07. The first-order chi connectivity index (χ1) is 15.4. The van der Waals surface area contributed by atoms with Crippen molar-refractivity contribution in [2.45, 2.75) is 20.1 Å². The predicted molar refractivity (Wildman–Crippen MR) is 120 cm³/mol. The van der Waals surface area contributed by atoms with Crippen LogP contribution in [-0.4, -0.2) is 20.8 Å². The summed E-state index contributed by atoms with van der Waals surface area (Å²) in [4.78, 5) is 12.8. The normalized spacial score (nSPS) is 10.9. The fraction of sp³-hybridized carbons (Fsp3) is 0.136. The van der Waals surface area contributed by atoms with Crippen LogP contribution in [0.1, 0.15) is 27.4 Å². The number of carbonyl (C=O) groups excluding carboxylic acids is 1. The lowest BCUT2D eigenvalue weighted by atomic mass is 10.2. The highest BCUT2D eigenvalue weighted by atomic mass is 79.9. The van der Waals surface area contributed by atoms with Gasteiger partial charge in [-0.05, 0) is 36.8 Å². The monoisotopic (exact) mass is 518 g/mol. The molecule has 2 aromatic carbocycles. The summed E-state index contributed by atoms with van der Waals surface area (Å²) in [5, 5.41) is 11.1. The van der Waals surface area contributed by atoms with E-state index in [1.807, 2.05) is 24.3 Å². The molecule has 4 rings (SSSR count). The van der Waals surface area contributed by atoms with Gasteiger partial charge >= 0.3 is 0 Å². The molecule has 0 atom stereocenters. The van der Waals surface area contributed by atoms with Crippen LogP contribution >= 0.6 is 27.5 Å². The van der Waals surface area contributed by atoms with Crippen LogP contribution in [0.3, 0.4) is 0 Å². The number of rotatable bonds is 7. The van der Waals surface area contributed by atoms with Gasteiger partial charge < -0.3 is 14.6 Å². The highest BCUT2D eigenvalue weighted by Crippen LogP contribution is 2.24. The summed E-state index contributed by atoms with van der Waals surface area (Å²) >= 11 is 9.65. The number of hydrogen-bond acceptors (Lipinski definition) is 5. The van der Waals surface area contributed by atoms with Crippen molar-refractivity contribution in [3.8, 4) is 5.75 Å². The second kappa shape index (κ2) is 9.54. The molecule has 10 heteroatoms. The molecule has 0 saturated carbocycles. The first-order valence-corrected chi connectivity index (χ1v) is 10.7. The molecule has 0 radical (unpaired) electrons. The van der Waals surface area contributed by atoms with E-state index in [1.54, 1.807) is 29.9 Å². The van der Waals surface area contributed by atoms with E-state index in [9.17, 15) is 9.18 Å². The molecule has 2 heterocycles. The van der Waals surface area contributed by atoms with Crippen molar-refractivity contribution in [1.29, 1.82) is 0 Å². The second-order valence-corrected chi connectivity index (χ2v) is 8.21. The number of nitrogens with one attached hydrogen (secondary N) is 1. The first kappa shape index (κ1) is 22.0. The minimum absolute atomic E-state index is 0.0114. The predicted octanol–water partition coefficient (Wildman–Crippen LogP) is 5.61. The molecule has 7 nitrogen and oxygen atoms in total. The van der Waals surface area contributed by atoms with Crippen LogP contribution in [-0.2, 0) is 13.2 Å². The van der Waals surface area contributed by atoms with Gasteiger partial charge in [0.1, 0.15) is 17.4 Å². The van der Waals surface area contributed by atoms with Crippen LogP contribution in [0.15, 0.2) is 63.7 Å². The molecule has 32 heavy (non-hydrogen) atoms. The second-order valence-electron chi connectivity index (χ2n) is 6.89. The summed E-state index contributed by atoms with van der Waals surface area (Å²) in [6.45, 7) is 2.03. The molecule has 0 saturated heterocycles. The van der Waals surface area contributed by atoms with E-state index >= 15 is 0 Å². The van der Waals surface area contributed by atoms with E-state index in [-0.39, 0.29) is 28.9 Å². The van der Waals surface area contributed by atoms with Crippen molar-refractivity contribution in [3.05, 3.63) is 92.6 Å². The lowest BCUT2D eigenvalue weighted by Crippen LogP contribution is -2.16. The van der Waals surface area contributed by atoms with Crippen molar-refractivity contribution in [1.82, 2.24) is 14.9 Å². The molecular formula is C22H17BrClFN4O3. The quantitative estimate of drug-likeness (QED) is 0.343. The number of nitrogens with zero attached hydrogens (tertiary/aromatic N) is 3. The smallest absolute Gasteiger partial charge is 0.279 e. The van der Waals surface area contributed by atoms with Gasteiger partial charge in [-0.25, -0.2) is 4.39 Å². The Bertz CT molecular complexity index is 1260. The first-order valence-electron chi connectivity index (χ1n) is 9.52. The summed E-state index contributed by atoms with van der Waals surface area (Å²) in [5.41, 5.74) is 1.43. The molecule has 164 valence electrons. The molecule has 0 fully saturated rings. The van der Waals surface area contributed by atoms with Crippen molar-refractivity contribution in [3.63, 3.8) is 0 Å². The van der Waals surface area contributed by atoms with Crippen LogP contribution in [0, 0.1) is 12.7 Å². The van der Waals surface area contributed by atoms with E-state index < -0.39 is 11.7 Å². The van der Waals surface area contributed by atoms with Crippen LogP contribution in [0.25, 0.3) is 0 Å². The Morgan fingerprint density at radius 2 is 2.00 bits per heavy atom. The molecule has 0 aliphatic heterocycles. The van der Waals surface area contributed by atoms with E-state index in [4.69, 9.17) is 20.9 Å². The van der Waals surface area contributed by atoms with Gasteiger partial charge in [0.15, 0.2) is 23.1 Å². The third-order valence-corrected chi connectivity index (χ3v) is 5.42. The third-order valence-electron chi connectivity index (χ3n) is 4.62. The Kier molecular flexibility index (Phi) is 6.57. The Morgan fingerprint density at radius 1 is 1.25 bits per heavy atom. The van der Waals surface area contributed by atoms with Crippen LogP contribution in [0.2, 0.25) is 5.02 Å². The Hall–Kier alpha value is -3.17. The number of halogens is 3. The molecule has 0 bridgehead atoms. The highest BCUT2D eigenvalue weighted by Gasteiger charge is 2.22. The van der Waals surface area contributed by atoms with Crippen molar-refractivity contribution in [2.75, 3.05) is 5.32 Å². The van der Waals surface area contributed by atoms with E-state index in [0.717, 1.165) is 10.0 Å². The molecule has 4 aromatic rings. The maximum absolute atomic E-state index is 13.8.